The molecule has 0 radical (unpaired) electrons. The third-order valence-corrected chi connectivity index (χ3v) is 3.27. The average molecular weight is 302 g/mol. The largest absolute Gasteiger partial charge is 0.490 e. The zero-order valence-electron chi connectivity index (χ0n) is 12.4. The first-order valence-corrected chi connectivity index (χ1v) is 7.19. The standard InChI is InChI=1S/C15H24ClNO3/c1-12(7-9-18-2)20-15-6-4-5-14(16)13(15)11-17-8-10-19-3/h4-6,12,17H,7-11H2,1-3H3. The topological polar surface area (TPSA) is 39.7 Å². The van der Waals surface area contributed by atoms with Crippen molar-refractivity contribution in [2.75, 3.05) is 34.0 Å². The van der Waals surface area contributed by atoms with Crippen molar-refractivity contribution in [3.63, 3.8) is 0 Å². The number of hydrogen-bond acceptors (Lipinski definition) is 4. The summed E-state index contributed by atoms with van der Waals surface area (Å²) in [6, 6.07) is 5.73. The molecule has 0 spiro atoms. The Bertz CT molecular complexity index is 387. The van der Waals surface area contributed by atoms with E-state index < -0.39 is 0 Å². The van der Waals surface area contributed by atoms with Gasteiger partial charge in [-0.2, -0.15) is 0 Å². The van der Waals surface area contributed by atoms with Gasteiger partial charge in [0, 0.05) is 50.9 Å². The van der Waals surface area contributed by atoms with E-state index >= 15 is 0 Å². The fourth-order valence-corrected chi connectivity index (χ4v) is 2.00. The summed E-state index contributed by atoms with van der Waals surface area (Å²) in [4.78, 5) is 0. The lowest BCUT2D eigenvalue weighted by Gasteiger charge is -2.18. The van der Waals surface area contributed by atoms with Crippen molar-refractivity contribution in [1.29, 1.82) is 0 Å². The van der Waals surface area contributed by atoms with E-state index in [1.165, 1.54) is 0 Å². The van der Waals surface area contributed by atoms with Gasteiger partial charge in [-0.3, -0.25) is 0 Å². The van der Waals surface area contributed by atoms with Crippen molar-refractivity contribution in [1.82, 2.24) is 5.32 Å². The summed E-state index contributed by atoms with van der Waals surface area (Å²) in [7, 11) is 3.38. The van der Waals surface area contributed by atoms with Crippen LogP contribution in [0.1, 0.15) is 18.9 Å². The number of rotatable bonds is 10. The number of benzene rings is 1. The second kappa shape index (κ2) is 10.00. The summed E-state index contributed by atoms with van der Waals surface area (Å²) in [6.07, 6.45) is 0.936. The number of halogens is 1. The minimum atomic E-state index is 0.0890. The molecule has 0 aliphatic rings. The molecule has 0 aliphatic heterocycles. The third kappa shape index (κ3) is 6.09. The Balaban J connectivity index is 2.62. The van der Waals surface area contributed by atoms with E-state index in [1.54, 1.807) is 14.2 Å². The highest BCUT2D eigenvalue weighted by atomic mass is 35.5. The van der Waals surface area contributed by atoms with Crippen molar-refractivity contribution >= 4 is 11.6 Å². The van der Waals surface area contributed by atoms with E-state index in [9.17, 15) is 0 Å². The Labute approximate surface area is 126 Å². The Morgan fingerprint density at radius 3 is 2.65 bits per heavy atom. The van der Waals surface area contributed by atoms with Gasteiger partial charge in [0.2, 0.25) is 0 Å². The lowest BCUT2D eigenvalue weighted by atomic mass is 10.2. The van der Waals surface area contributed by atoms with Crippen molar-refractivity contribution in [3.8, 4) is 5.75 Å². The zero-order valence-corrected chi connectivity index (χ0v) is 13.2. The highest BCUT2D eigenvalue weighted by molar-refractivity contribution is 6.31. The average Bonchev–Trinajstić information content (AvgIpc) is 2.43. The molecule has 1 aromatic rings. The first-order chi connectivity index (χ1) is 9.69. The normalized spacial score (nSPS) is 12.4. The molecule has 1 N–H and O–H groups in total. The molecule has 5 heteroatoms. The van der Waals surface area contributed by atoms with Crippen molar-refractivity contribution < 1.29 is 14.2 Å². The van der Waals surface area contributed by atoms with Crippen molar-refractivity contribution in [2.45, 2.75) is 26.0 Å². The molecule has 0 aromatic heterocycles. The van der Waals surface area contributed by atoms with Gasteiger partial charge in [0.15, 0.2) is 0 Å². The minimum absolute atomic E-state index is 0.0890. The van der Waals surface area contributed by atoms with E-state index in [0.29, 0.717) is 24.8 Å². The third-order valence-electron chi connectivity index (χ3n) is 2.92. The van der Waals surface area contributed by atoms with Gasteiger partial charge in [0.25, 0.3) is 0 Å². The SMILES string of the molecule is COCCNCc1c(Cl)cccc1OC(C)CCOC. The van der Waals surface area contributed by atoms with Gasteiger partial charge in [-0.15, -0.1) is 0 Å². The van der Waals surface area contributed by atoms with Crippen molar-refractivity contribution in [3.05, 3.63) is 28.8 Å². The smallest absolute Gasteiger partial charge is 0.125 e. The van der Waals surface area contributed by atoms with Crippen LogP contribution in [-0.4, -0.2) is 40.1 Å². The molecule has 0 aliphatic carbocycles. The maximum atomic E-state index is 6.25. The predicted molar refractivity (Wildman–Crippen MR) is 81.6 cm³/mol. The number of ether oxygens (including phenoxy) is 3. The Morgan fingerprint density at radius 2 is 1.95 bits per heavy atom. The van der Waals surface area contributed by atoms with E-state index in [2.05, 4.69) is 5.32 Å². The summed E-state index contributed by atoms with van der Waals surface area (Å²) < 4.78 is 16.0. The molecule has 20 heavy (non-hydrogen) atoms. The van der Waals surface area contributed by atoms with E-state index in [-0.39, 0.29) is 6.10 Å². The van der Waals surface area contributed by atoms with Gasteiger partial charge < -0.3 is 19.5 Å². The number of hydrogen-bond donors (Lipinski definition) is 1. The lowest BCUT2D eigenvalue weighted by molar-refractivity contribution is 0.134. The van der Waals surface area contributed by atoms with E-state index in [1.807, 2.05) is 25.1 Å². The van der Waals surface area contributed by atoms with Gasteiger partial charge in [-0.05, 0) is 19.1 Å². The minimum Gasteiger partial charge on any atom is -0.490 e. The number of methoxy groups -OCH3 is 2. The molecule has 1 atom stereocenters. The first kappa shape index (κ1) is 17.2. The Hall–Kier alpha value is -0.810. The van der Waals surface area contributed by atoms with Crippen LogP contribution in [0.5, 0.6) is 5.75 Å². The Morgan fingerprint density at radius 1 is 1.20 bits per heavy atom. The fourth-order valence-electron chi connectivity index (χ4n) is 1.77. The molecule has 1 rings (SSSR count). The molecule has 1 unspecified atom stereocenters. The van der Waals surface area contributed by atoms with Gasteiger partial charge in [-0.1, -0.05) is 17.7 Å². The van der Waals surface area contributed by atoms with Crippen LogP contribution in [0.3, 0.4) is 0 Å². The maximum Gasteiger partial charge on any atom is 0.125 e. The summed E-state index contributed by atoms with van der Waals surface area (Å²) in [5.74, 6) is 0.825. The molecular formula is C15H24ClNO3. The monoisotopic (exact) mass is 301 g/mol. The van der Waals surface area contributed by atoms with Crippen LogP contribution in [0.15, 0.2) is 18.2 Å². The van der Waals surface area contributed by atoms with Crippen LogP contribution < -0.4 is 10.1 Å². The fraction of sp³-hybridized carbons (Fsp3) is 0.600. The maximum absolute atomic E-state index is 6.25. The first-order valence-electron chi connectivity index (χ1n) is 6.81. The van der Waals surface area contributed by atoms with Crippen LogP contribution in [0.4, 0.5) is 0 Å². The molecular weight excluding hydrogens is 278 g/mol. The molecule has 0 saturated heterocycles. The van der Waals surface area contributed by atoms with Gasteiger partial charge >= 0.3 is 0 Å². The van der Waals surface area contributed by atoms with Gasteiger partial charge in [0.1, 0.15) is 5.75 Å². The molecule has 0 heterocycles. The molecule has 1 aromatic carbocycles. The highest BCUT2D eigenvalue weighted by Gasteiger charge is 2.11. The summed E-state index contributed by atoms with van der Waals surface area (Å²) in [6.45, 7) is 4.83. The molecule has 0 amide bonds. The van der Waals surface area contributed by atoms with Crippen LogP contribution in [0, 0.1) is 0 Å². The van der Waals surface area contributed by atoms with Gasteiger partial charge in [0.05, 0.1) is 12.7 Å². The van der Waals surface area contributed by atoms with Crippen LogP contribution in [0.2, 0.25) is 5.02 Å². The van der Waals surface area contributed by atoms with Crippen LogP contribution in [-0.2, 0) is 16.0 Å². The molecule has 4 nitrogen and oxygen atoms in total. The summed E-state index contributed by atoms with van der Waals surface area (Å²) in [5.41, 5.74) is 0.981. The molecule has 0 bridgehead atoms. The quantitative estimate of drug-likeness (QED) is 0.675. The van der Waals surface area contributed by atoms with Gasteiger partial charge in [-0.25, -0.2) is 0 Å². The second-order valence-corrected chi connectivity index (χ2v) is 5.00. The predicted octanol–water partition coefficient (Wildman–Crippen LogP) is 2.88. The van der Waals surface area contributed by atoms with Crippen molar-refractivity contribution in [2.24, 2.45) is 0 Å². The highest BCUT2D eigenvalue weighted by Crippen LogP contribution is 2.27. The second-order valence-electron chi connectivity index (χ2n) is 4.60. The summed E-state index contributed by atoms with van der Waals surface area (Å²) in [5, 5.41) is 4.00. The lowest BCUT2D eigenvalue weighted by Crippen LogP contribution is -2.20. The molecule has 114 valence electrons. The van der Waals surface area contributed by atoms with E-state index in [4.69, 9.17) is 25.8 Å². The van der Waals surface area contributed by atoms with E-state index in [0.717, 1.165) is 24.3 Å². The summed E-state index contributed by atoms with van der Waals surface area (Å²) >= 11 is 6.25. The Kier molecular flexibility index (Phi) is 8.62. The zero-order chi connectivity index (χ0) is 14.8. The molecule has 0 fully saturated rings. The van der Waals surface area contributed by atoms with Crippen LogP contribution in [0.25, 0.3) is 0 Å². The molecule has 0 saturated carbocycles. The van der Waals surface area contributed by atoms with Crippen LogP contribution >= 0.6 is 11.6 Å². The number of nitrogens with one attached hydrogen (secondary N) is 1.